The number of hydrogen-bond donors (Lipinski definition) is 2. The smallest absolute Gasteiger partial charge is 0.121 e. The van der Waals surface area contributed by atoms with Crippen LogP contribution in [0.2, 0.25) is 0 Å². The number of phenolic OH excluding ortho intramolecular Hbond substituents is 1. The molecule has 0 aromatic heterocycles. The second-order valence-corrected chi connectivity index (χ2v) is 3.71. The van der Waals surface area contributed by atoms with Crippen molar-refractivity contribution in [2.45, 2.75) is 33.2 Å². The summed E-state index contributed by atoms with van der Waals surface area (Å²) in [6.45, 7) is 6.56. The average Bonchev–Trinajstić information content (AvgIpc) is 2.09. The predicted molar refractivity (Wildman–Crippen MR) is 54.8 cm³/mol. The van der Waals surface area contributed by atoms with Gasteiger partial charge < -0.3 is 10.8 Å². The summed E-state index contributed by atoms with van der Waals surface area (Å²) in [4.78, 5) is 0. The molecule has 1 rings (SSSR count). The van der Waals surface area contributed by atoms with Gasteiger partial charge in [-0.25, -0.2) is 0 Å². The minimum Gasteiger partial charge on any atom is -0.507 e. The van der Waals surface area contributed by atoms with Crippen molar-refractivity contribution in [2.75, 3.05) is 0 Å². The molecule has 1 aromatic rings. The molecule has 0 aliphatic heterocycles. The summed E-state index contributed by atoms with van der Waals surface area (Å²) >= 11 is 0. The second-order valence-electron chi connectivity index (χ2n) is 3.71. The van der Waals surface area contributed by atoms with E-state index in [1.54, 1.807) is 0 Å². The van der Waals surface area contributed by atoms with Crippen molar-refractivity contribution < 1.29 is 5.11 Å². The molecule has 0 saturated carbocycles. The highest BCUT2D eigenvalue weighted by molar-refractivity contribution is 5.44. The van der Waals surface area contributed by atoms with E-state index in [4.69, 9.17) is 5.73 Å². The van der Waals surface area contributed by atoms with Crippen LogP contribution in [0.3, 0.4) is 0 Å². The van der Waals surface area contributed by atoms with Crippen LogP contribution in [0.15, 0.2) is 12.1 Å². The fourth-order valence-electron chi connectivity index (χ4n) is 1.44. The molecule has 2 nitrogen and oxygen atoms in total. The molecule has 0 spiro atoms. The van der Waals surface area contributed by atoms with Gasteiger partial charge in [0.25, 0.3) is 0 Å². The van der Waals surface area contributed by atoms with Gasteiger partial charge in [0.2, 0.25) is 0 Å². The highest BCUT2D eigenvalue weighted by atomic mass is 16.3. The van der Waals surface area contributed by atoms with E-state index in [9.17, 15) is 5.11 Å². The summed E-state index contributed by atoms with van der Waals surface area (Å²) in [6, 6.07) is 3.91. The predicted octanol–water partition coefficient (Wildman–Crippen LogP) is 2.28. The van der Waals surface area contributed by atoms with Crippen LogP contribution in [0, 0.1) is 6.92 Å². The normalized spacial score (nSPS) is 10.8. The van der Waals surface area contributed by atoms with Gasteiger partial charge in [0.15, 0.2) is 0 Å². The first-order valence-corrected chi connectivity index (χ1v) is 4.58. The molecule has 13 heavy (non-hydrogen) atoms. The van der Waals surface area contributed by atoms with Crippen molar-refractivity contribution in [1.29, 1.82) is 0 Å². The summed E-state index contributed by atoms with van der Waals surface area (Å²) in [5.41, 5.74) is 8.53. The van der Waals surface area contributed by atoms with Crippen LogP contribution in [-0.2, 0) is 6.54 Å². The number of phenols is 1. The first-order valence-electron chi connectivity index (χ1n) is 4.58. The molecule has 0 amide bonds. The van der Waals surface area contributed by atoms with Crippen molar-refractivity contribution in [3.05, 3.63) is 28.8 Å². The van der Waals surface area contributed by atoms with Gasteiger partial charge >= 0.3 is 0 Å². The largest absolute Gasteiger partial charge is 0.507 e. The first-order chi connectivity index (χ1) is 6.06. The molecule has 1 aromatic carbocycles. The topological polar surface area (TPSA) is 46.2 Å². The zero-order valence-electron chi connectivity index (χ0n) is 8.46. The quantitative estimate of drug-likeness (QED) is 0.731. The van der Waals surface area contributed by atoms with E-state index in [2.05, 4.69) is 13.8 Å². The lowest BCUT2D eigenvalue weighted by molar-refractivity contribution is 0.460. The Kier molecular flexibility index (Phi) is 2.94. The molecule has 0 aliphatic carbocycles. The Bertz CT molecular complexity index is 305. The zero-order chi connectivity index (χ0) is 10.0. The second kappa shape index (κ2) is 3.79. The Morgan fingerprint density at radius 1 is 1.38 bits per heavy atom. The standard InChI is InChI=1S/C11H17NO/c1-7(2)10-5-9(6-12)4-8(3)11(10)13/h4-5,7,13H,6,12H2,1-3H3. The Morgan fingerprint density at radius 3 is 2.46 bits per heavy atom. The van der Waals surface area contributed by atoms with E-state index in [0.717, 1.165) is 16.7 Å². The molecule has 0 fully saturated rings. The Morgan fingerprint density at radius 2 is 2.00 bits per heavy atom. The average molecular weight is 179 g/mol. The maximum atomic E-state index is 9.75. The van der Waals surface area contributed by atoms with Crippen LogP contribution in [0.5, 0.6) is 5.75 Å². The van der Waals surface area contributed by atoms with Crippen molar-refractivity contribution in [3.63, 3.8) is 0 Å². The maximum absolute atomic E-state index is 9.75. The number of hydrogen-bond acceptors (Lipinski definition) is 2. The summed E-state index contributed by atoms with van der Waals surface area (Å²) in [6.07, 6.45) is 0. The molecule has 0 heterocycles. The molecule has 72 valence electrons. The van der Waals surface area contributed by atoms with Gasteiger partial charge in [0.05, 0.1) is 0 Å². The summed E-state index contributed by atoms with van der Waals surface area (Å²) in [5.74, 6) is 0.748. The highest BCUT2D eigenvalue weighted by Gasteiger charge is 2.09. The van der Waals surface area contributed by atoms with Crippen LogP contribution in [0.25, 0.3) is 0 Å². The molecule has 0 saturated heterocycles. The third-order valence-electron chi connectivity index (χ3n) is 2.25. The first kappa shape index (κ1) is 10.1. The minimum absolute atomic E-state index is 0.338. The highest BCUT2D eigenvalue weighted by Crippen LogP contribution is 2.29. The lowest BCUT2D eigenvalue weighted by Gasteiger charge is -2.12. The Hall–Kier alpha value is -1.02. The van der Waals surface area contributed by atoms with E-state index in [1.165, 1.54) is 0 Å². The van der Waals surface area contributed by atoms with Crippen LogP contribution >= 0.6 is 0 Å². The molecule has 0 atom stereocenters. The zero-order valence-corrected chi connectivity index (χ0v) is 8.46. The van der Waals surface area contributed by atoms with E-state index in [-0.39, 0.29) is 0 Å². The van der Waals surface area contributed by atoms with Crippen LogP contribution in [0.1, 0.15) is 36.5 Å². The van der Waals surface area contributed by atoms with E-state index < -0.39 is 0 Å². The van der Waals surface area contributed by atoms with Crippen LogP contribution in [0.4, 0.5) is 0 Å². The van der Waals surface area contributed by atoms with Crippen LogP contribution < -0.4 is 5.73 Å². The monoisotopic (exact) mass is 179 g/mol. The third-order valence-corrected chi connectivity index (χ3v) is 2.25. The summed E-state index contributed by atoms with van der Waals surface area (Å²) in [7, 11) is 0. The van der Waals surface area contributed by atoms with Crippen molar-refractivity contribution in [1.82, 2.24) is 0 Å². The fraction of sp³-hybridized carbons (Fsp3) is 0.455. The lowest BCUT2D eigenvalue weighted by atomic mass is 9.97. The van der Waals surface area contributed by atoms with E-state index in [1.807, 2.05) is 19.1 Å². The third kappa shape index (κ3) is 2.01. The Balaban J connectivity index is 3.25. The fourth-order valence-corrected chi connectivity index (χ4v) is 1.44. The van der Waals surface area contributed by atoms with Gasteiger partial charge in [0.1, 0.15) is 5.75 Å². The van der Waals surface area contributed by atoms with E-state index in [0.29, 0.717) is 18.2 Å². The summed E-state index contributed by atoms with van der Waals surface area (Å²) < 4.78 is 0. The van der Waals surface area contributed by atoms with Gasteiger partial charge in [-0.3, -0.25) is 0 Å². The molecule has 0 bridgehead atoms. The number of benzene rings is 1. The van der Waals surface area contributed by atoms with Crippen molar-refractivity contribution in [2.24, 2.45) is 5.73 Å². The number of rotatable bonds is 2. The van der Waals surface area contributed by atoms with Gasteiger partial charge in [0, 0.05) is 6.54 Å². The van der Waals surface area contributed by atoms with Gasteiger partial charge in [-0.05, 0) is 29.5 Å². The number of aromatic hydroxyl groups is 1. The van der Waals surface area contributed by atoms with Crippen molar-refractivity contribution >= 4 is 0 Å². The SMILES string of the molecule is Cc1cc(CN)cc(C(C)C)c1O. The van der Waals surface area contributed by atoms with E-state index >= 15 is 0 Å². The molecular formula is C11H17NO. The van der Waals surface area contributed by atoms with Gasteiger partial charge in [-0.1, -0.05) is 26.0 Å². The molecule has 2 heteroatoms. The molecule has 0 radical (unpaired) electrons. The number of aryl methyl sites for hydroxylation is 1. The molecule has 0 unspecified atom stereocenters. The van der Waals surface area contributed by atoms with Gasteiger partial charge in [-0.2, -0.15) is 0 Å². The lowest BCUT2D eigenvalue weighted by Crippen LogP contribution is -2.00. The maximum Gasteiger partial charge on any atom is 0.121 e. The minimum atomic E-state index is 0.338. The number of nitrogens with two attached hydrogens (primary N) is 1. The molecule has 3 N–H and O–H groups in total. The van der Waals surface area contributed by atoms with Crippen molar-refractivity contribution in [3.8, 4) is 5.75 Å². The Labute approximate surface area is 79.4 Å². The molecule has 0 aliphatic rings. The molecular weight excluding hydrogens is 162 g/mol. The summed E-state index contributed by atoms with van der Waals surface area (Å²) in [5, 5.41) is 9.75. The van der Waals surface area contributed by atoms with Crippen LogP contribution in [-0.4, -0.2) is 5.11 Å². The van der Waals surface area contributed by atoms with Gasteiger partial charge in [-0.15, -0.1) is 0 Å².